The Morgan fingerprint density at radius 2 is 2.28 bits per heavy atom. The minimum atomic E-state index is -0.364. The number of hydrogen-bond acceptors (Lipinski definition) is 2. The minimum absolute atomic E-state index is 0.0744. The smallest absolute Gasteiger partial charge is 0.254 e. The van der Waals surface area contributed by atoms with E-state index < -0.39 is 0 Å². The standard InChI is InChI=1S/C14H19FN2O/c1-10(2)13-9-16-6-7-17(13)14(18)11-4-3-5-12(15)8-11/h3-5,8,10,13,16H,6-7,9H2,1-2H3. The zero-order chi connectivity index (χ0) is 13.1. The van der Waals surface area contributed by atoms with Gasteiger partial charge in [0.1, 0.15) is 5.82 Å². The predicted octanol–water partition coefficient (Wildman–Crippen LogP) is 1.90. The Morgan fingerprint density at radius 1 is 1.50 bits per heavy atom. The van der Waals surface area contributed by atoms with Crippen molar-refractivity contribution < 1.29 is 9.18 Å². The quantitative estimate of drug-likeness (QED) is 0.869. The topological polar surface area (TPSA) is 32.3 Å². The van der Waals surface area contributed by atoms with Gasteiger partial charge in [-0.3, -0.25) is 4.79 Å². The van der Waals surface area contributed by atoms with Crippen LogP contribution in [0.3, 0.4) is 0 Å². The van der Waals surface area contributed by atoms with Gasteiger partial charge in [0.2, 0.25) is 0 Å². The fourth-order valence-electron chi connectivity index (χ4n) is 2.36. The Kier molecular flexibility index (Phi) is 3.97. The van der Waals surface area contributed by atoms with Crippen molar-refractivity contribution in [2.45, 2.75) is 19.9 Å². The second-order valence-electron chi connectivity index (χ2n) is 5.02. The van der Waals surface area contributed by atoms with Gasteiger partial charge in [0.15, 0.2) is 0 Å². The summed E-state index contributed by atoms with van der Waals surface area (Å²) in [5.74, 6) is -0.0536. The van der Waals surface area contributed by atoms with Crippen molar-refractivity contribution >= 4 is 5.91 Å². The van der Waals surface area contributed by atoms with Crippen molar-refractivity contribution in [3.63, 3.8) is 0 Å². The van der Waals surface area contributed by atoms with Crippen molar-refractivity contribution in [2.75, 3.05) is 19.6 Å². The van der Waals surface area contributed by atoms with E-state index in [1.165, 1.54) is 12.1 Å². The molecule has 1 fully saturated rings. The molecule has 1 amide bonds. The highest BCUT2D eigenvalue weighted by Gasteiger charge is 2.29. The van der Waals surface area contributed by atoms with Gasteiger partial charge in [0.05, 0.1) is 0 Å². The first-order chi connectivity index (χ1) is 8.59. The normalized spacial score (nSPS) is 20.2. The predicted molar refractivity (Wildman–Crippen MR) is 68.9 cm³/mol. The Bertz CT molecular complexity index is 434. The summed E-state index contributed by atoms with van der Waals surface area (Å²) in [5, 5.41) is 3.30. The molecular formula is C14H19FN2O. The number of carbonyl (C=O) groups is 1. The molecule has 0 aromatic heterocycles. The molecule has 4 heteroatoms. The lowest BCUT2D eigenvalue weighted by Crippen LogP contribution is -2.55. The lowest BCUT2D eigenvalue weighted by atomic mass is 9.99. The molecule has 1 atom stereocenters. The van der Waals surface area contributed by atoms with Crippen LogP contribution in [0.25, 0.3) is 0 Å². The molecule has 0 bridgehead atoms. The summed E-state index contributed by atoms with van der Waals surface area (Å²) < 4.78 is 13.2. The second-order valence-corrected chi connectivity index (χ2v) is 5.02. The lowest BCUT2D eigenvalue weighted by Gasteiger charge is -2.38. The molecule has 18 heavy (non-hydrogen) atoms. The van der Waals surface area contributed by atoms with Crippen molar-refractivity contribution in [1.29, 1.82) is 0 Å². The molecule has 0 spiro atoms. The molecule has 0 saturated carbocycles. The summed E-state index contributed by atoms with van der Waals surface area (Å²) in [6.07, 6.45) is 0. The fraction of sp³-hybridized carbons (Fsp3) is 0.500. The van der Waals surface area contributed by atoms with E-state index in [1.807, 2.05) is 4.90 Å². The number of rotatable bonds is 2. The molecule has 0 aliphatic carbocycles. The Hall–Kier alpha value is -1.42. The lowest BCUT2D eigenvalue weighted by molar-refractivity contribution is 0.0573. The SMILES string of the molecule is CC(C)C1CNCCN1C(=O)c1cccc(F)c1. The summed E-state index contributed by atoms with van der Waals surface area (Å²) in [6, 6.07) is 6.09. The largest absolute Gasteiger partial charge is 0.333 e. The second kappa shape index (κ2) is 5.48. The zero-order valence-electron chi connectivity index (χ0n) is 10.8. The highest BCUT2D eigenvalue weighted by molar-refractivity contribution is 5.94. The average molecular weight is 250 g/mol. The maximum atomic E-state index is 13.2. The molecule has 1 N–H and O–H groups in total. The maximum absolute atomic E-state index is 13.2. The summed E-state index contributed by atoms with van der Waals surface area (Å²) in [6.45, 7) is 6.48. The first-order valence-corrected chi connectivity index (χ1v) is 6.37. The number of nitrogens with zero attached hydrogens (tertiary/aromatic N) is 1. The Labute approximate surface area is 107 Å². The van der Waals surface area contributed by atoms with Gasteiger partial charge in [-0.2, -0.15) is 0 Å². The highest BCUT2D eigenvalue weighted by Crippen LogP contribution is 2.17. The number of amides is 1. The summed E-state index contributed by atoms with van der Waals surface area (Å²) in [5.41, 5.74) is 0.433. The molecule has 0 radical (unpaired) electrons. The van der Waals surface area contributed by atoms with E-state index in [4.69, 9.17) is 0 Å². The van der Waals surface area contributed by atoms with Gasteiger partial charge >= 0.3 is 0 Å². The van der Waals surface area contributed by atoms with Crippen LogP contribution in [0, 0.1) is 11.7 Å². The van der Waals surface area contributed by atoms with Gasteiger partial charge in [-0.05, 0) is 24.1 Å². The van der Waals surface area contributed by atoms with E-state index in [-0.39, 0.29) is 17.8 Å². The average Bonchev–Trinajstić information content (AvgIpc) is 2.38. The van der Waals surface area contributed by atoms with Gasteiger partial charge < -0.3 is 10.2 Å². The number of hydrogen-bond donors (Lipinski definition) is 1. The molecule has 2 rings (SSSR count). The van der Waals surface area contributed by atoms with Gasteiger partial charge in [0, 0.05) is 31.2 Å². The summed E-state index contributed by atoms with van der Waals surface area (Å²) in [4.78, 5) is 14.3. The van der Waals surface area contributed by atoms with Crippen LogP contribution in [0.4, 0.5) is 4.39 Å². The minimum Gasteiger partial charge on any atom is -0.333 e. The van der Waals surface area contributed by atoms with Crippen LogP contribution in [0.2, 0.25) is 0 Å². The van der Waals surface area contributed by atoms with E-state index in [2.05, 4.69) is 19.2 Å². The van der Waals surface area contributed by atoms with Crippen molar-refractivity contribution in [2.24, 2.45) is 5.92 Å². The van der Waals surface area contributed by atoms with Gasteiger partial charge in [0.25, 0.3) is 5.91 Å². The first kappa shape index (κ1) is 13.0. The van der Waals surface area contributed by atoms with E-state index in [9.17, 15) is 9.18 Å². The van der Waals surface area contributed by atoms with E-state index in [0.29, 0.717) is 18.0 Å². The molecule has 1 aromatic rings. The van der Waals surface area contributed by atoms with Gasteiger partial charge in [-0.15, -0.1) is 0 Å². The third-order valence-corrected chi connectivity index (χ3v) is 3.39. The third kappa shape index (κ3) is 2.70. The van der Waals surface area contributed by atoms with Gasteiger partial charge in [-0.25, -0.2) is 4.39 Å². The van der Waals surface area contributed by atoms with Crippen molar-refractivity contribution in [3.05, 3.63) is 35.6 Å². The Balaban J connectivity index is 2.21. The monoisotopic (exact) mass is 250 g/mol. The first-order valence-electron chi connectivity index (χ1n) is 6.37. The number of halogens is 1. The van der Waals surface area contributed by atoms with Crippen LogP contribution in [-0.4, -0.2) is 36.5 Å². The van der Waals surface area contributed by atoms with Crippen molar-refractivity contribution in [1.82, 2.24) is 10.2 Å². The van der Waals surface area contributed by atoms with Gasteiger partial charge in [-0.1, -0.05) is 19.9 Å². The summed E-state index contributed by atoms with van der Waals surface area (Å²) in [7, 11) is 0. The van der Waals surface area contributed by atoms with Crippen LogP contribution in [0.1, 0.15) is 24.2 Å². The molecule has 1 unspecified atom stereocenters. The maximum Gasteiger partial charge on any atom is 0.254 e. The highest BCUT2D eigenvalue weighted by atomic mass is 19.1. The van der Waals surface area contributed by atoms with Crippen molar-refractivity contribution in [3.8, 4) is 0 Å². The number of benzene rings is 1. The van der Waals surface area contributed by atoms with Crippen LogP contribution in [-0.2, 0) is 0 Å². The van der Waals surface area contributed by atoms with E-state index >= 15 is 0 Å². The molecule has 98 valence electrons. The van der Waals surface area contributed by atoms with Crippen LogP contribution in [0.5, 0.6) is 0 Å². The molecule has 1 aromatic carbocycles. The third-order valence-electron chi connectivity index (χ3n) is 3.39. The van der Waals surface area contributed by atoms with E-state index in [0.717, 1.165) is 13.1 Å². The van der Waals surface area contributed by atoms with Crippen LogP contribution in [0.15, 0.2) is 24.3 Å². The summed E-state index contributed by atoms with van der Waals surface area (Å²) >= 11 is 0. The Morgan fingerprint density at radius 3 is 2.94 bits per heavy atom. The molecule has 3 nitrogen and oxygen atoms in total. The number of carbonyl (C=O) groups excluding carboxylic acids is 1. The van der Waals surface area contributed by atoms with E-state index in [1.54, 1.807) is 12.1 Å². The number of nitrogens with one attached hydrogen (secondary N) is 1. The molecule has 1 heterocycles. The molecule has 1 aliphatic heterocycles. The molecule has 1 aliphatic rings. The zero-order valence-corrected chi connectivity index (χ0v) is 10.8. The molecular weight excluding hydrogens is 231 g/mol. The number of piperazine rings is 1. The van der Waals surface area contributed by atoms with Crippen LogP contribution < -0.4 is 5.32 Å². The van der Waals surface area contributed by atoms with Crippen LogP contribution >= 0.6 is 0 Å². The molecule has 1 saturated heterocycles. The fourth-order valence-corrected chi connectivity index (χ4v) is 2.36.